The van der Waals surface area contributed by atoms with Crippen LogP contribution < -0.4 is 5.32 Å². The average Bonchev–Trinajstić information content (AvgIpc) is 2.28. The zero-order valence-corrected chi connectivity index (χ0v) is 12.7. The van der Waals surface area contributed by atoms with Gasteiger partial charge >= 0.3 is 0 Å². The number of sulfonamides is 1. The largest absolute Gasteiger partial charge is 0.314 e. The second-order valence-corrected chi connectivity index (χ2v) is 6.54. The van der Waals surface area contributed by atoms with Crippen LogP contribution in [-0.2, 0) is 10.0 Å². The van der Waals surface area contributed by atoms with Gasteiger partial charge in [-0.3, -0.25) is 0 Å². The number of piperazine rings is 1. The molecule has 1 saturated heterocycles. The summed E-state index contributed by atoms with van der Waals surface area (Å²) in [6.45, 7) is 3.26. The van der Waals surface area contributed by atoms with E-state index in [-0.39, 0.29) is 28.4 Å². The average molecular weight is 329 g/mol. The second kappa shape index (κ2) is 6.37. The van der Waals surface area contributed by atoms with Gasteiger partial charge in [-0.2, -0.15) is 4.31 Å². The van der Waals surface area contributed by atoms with Gasteiger partial charge in [0.15, 0.2) is 0 Å². The summed E-state index contributed by atoms with van der Waals surface area (Å²) in [6.07, 6.45) is 0. The predicted octanol–water partition coefficient (Wildman–Crippen LogP) is 1.88. The number of halogens is 3. The van der Waals surface area contributed by atoms with E-state index in [0.29, 0.717) is 19.6 Å². The molecule has 4 nitrogen and oxygen atoms in total. The third-order valence-corrected chi connectivity index (χ3v) is 5.20. The fourth-order valence-corrected chi connectivity index (χ4v) is 3.83. The molecule has 1 aliphatic heterocycles. The molecule has 2 rings (SSSR count). The Morgan fingerprint density at radius 1 is 1.47 bits per heavy atom. The number of nitrogens with zero attached hydrogens (tertiary/aromatic N) is 1. The highest BCUT2D eigenvalue weighted by Gasteiger charge is 2.32. The Bertz CT molecular complexity index is 554. The molecule has 108 valence electrons. The molecular formula is C11H15Cl2FN2O2S. The van der Waals surface area contributed by atoms with E-state index in [1.165, 1.54) is 16.4 Å². The molecule has 1 unspecified atom stereocenters. The topological polar surface area (TPSA) is 49.4 Å². The van der Waals surface area contributed by atoms with Crippen LogP contribution >= 0.6 is 24.0 Å². The number of benzene rings is 1. The minimum absolute atomic E-state index is 0. The van der Waals surface area contributed by atoms with E-state index in [0.717, 1.165) is 6.07 Å². The minimum atomic E-state index is -3.80. The Morgan fingerprint density at radius 2 is 2.16 bits per heavy atom. The molecular weight excluding hydrogens is 314 g/mol. The molecule has 1 aromatic carbocycles. The first-order valence-corrected chi connectivity index (χ1v) is 7.42. The maximum atomic E-state index is 13.7. The van der Waals surface area contributed by atoms with E-state index in [9.17, 15) is 12.8 Å². The first-order chi connectivity index (χ1) is 8.43. The second-order valence-electron chi connectivity index (χ2n) is 4.24. The van der Waals surface area contributed by atoms with E-state index >= 15 is 0 Å². The molecule has 0 saturated carbocycles. The van der Waals surface area contributed by atoms with E-state index < -0.39 is 15.8 Å². The van der Waals surface area contributed by atoms with Gasteiger partial charge in [0.1, 0.15) is 10.7 Å². The zero-order chi connectivity index (χ0) is 13.3. The van der Waals surface area contributed by atoms with Gasteiger partial charge in [-0.1, -0.05) is 11.6 Å². The van der Waals surface area contributed by atoms with Gasteiger partial charge in [0, 0.05) is 30.7 Å². The summed E-state index contributed by atoms with van der Waals surface area (Å²) in [4.78, 5) is -0.319. The highest BCUT2D eigenvalue weighted by Crippen LogP contribution is 2.24. The molecule has 1 fully saturated rings. The fourth-order valence-electron chi connectivity index (χ4n) is 1.99. The lowest BCUT2D eigenvalue weighted by Gasteiger charge is -2.32. The van der Waals surface area contributed by atoms with Crippen LogP contribution in [0.15, 0.2) is 23.1 Å². The molecule has 0 aliphatic carbocycles. The van der Waals surface area contributed by atoms with Crippen LogP contribution in [0.1, 0.15) is 6.92 Å². The lowest BCUT2D eigenvalue weighted by atomic mass is 10.3. The minimum Gasteiger partial charge on any atom is -0.314 e. The van der Waals surface area contributed by atoms with Crippen molar-refractivity contribution < 1.29 is 12.8 Å². The van der Waals surface area contributed by atoms with Gasteiger partial charge in [0.25, 0.3) is 0 Å². The van der Waals surface area contributed by atoms with Gasteiger partial charge in [0.05, 0.1) is 0 Å². The molecule has 1 N–H and O–H groups in total. The first-order valence-electron chi connectivity index (χ1n) is 5.60. The summed E-state index contributed by atoms with van der Waals surface area (Å²) in [5.41, 5.74) is 0. The predicted molar refractivity (Wildman–Crippen MR) is 74.9 cm³/mol. The summed E-state index contributed by atoms with van der Waals surface area (Å²) >= 11 is 5.62. The summed E-state index contributed by atoms with van der Waals surface area (Å²) in [5.74, 6) is -0.812. The lowest BCUT2D eigenvalue weighted by molar-refractivity contribution is 0.283. The maximum absolute atomic E-state index is 13.7. The molecule has 1 aromatic rings. The summed E-state index contributed by atoms with van der Waals surface area (Å²) in [6, 6.07) is 3.41. The van der Waals surface area contributed by atoms with Crippen molar-refractivity contribution in [1.29, 1.82) is 0 Å². The molecule has 0 aromatic heterocycles. The summed E-state index contributed by atoms with van der Waals surface area (Å²) in [5, 5.41) is 3.27. The lowest BCUT2D eigenvalue weighted by Crippen LogP contribution is -2.52. The van der Waals surface area contributed by atoms with E-state index in [4.69, 9.17) is 11.6 Å². The Kier molecular flexibility index (Phi) is 5.58. The highest BCUT2D eigenvalue weighted by molar-refractivity contribution is 7.89. The standard InChI is InChI=1S/C11H14ClFN2O2S.ClH/c1-8-7-14-4-5-15(8)18(16,17)11-3-2-9(12)6-10(11)13;/h2-3,6,8,14H,4-5,7H2,1H3;1H. The molecule has 8 heteroatoms. The molecule has 1 aliphatic rings. The SMILES string of the molecule is CC1CNCCN1S(=O)(=O)c1ccc(Cl)cc1F.Cl. The third-order valence-electron chi connectivity index (χ3n) is 2.92. The number of nitrogens with one attached hydrogen (secondary N) is 1. The van der Waals surface area contributed by atoms with Crippen molar-refractivity contribution >= 4 is 34.0 Å². The normalized spacial score (nSPS) is 20.9. The van der Waals surface area contributed by atoms with Crippen LogP contribution in [0.25, 0.3) is 0 Å². The molecule has 1 atom stereocenters. The van der Waals surface area contributed by atoms with Gasteiger partial charge in [0.2, 0.25) is 10.0 Å². The molecule has 0 bridgehead atoms. The molecule has 19 heavy (non-hydrogen) atoms. The number of hydrogen-bond acceptors (Lipinski definition) is 3. The summed E-state index contributed by atoms with van der Waals surface area (Å²) in [7, 11) is -3.80. The van der Waals surface area contributed by atoms with Gasteiger partial charge in [-0.05, 0) is 25.1 Å². The fraction of sp³-hybridized carbons (Fsp3) is 0.455. The van der Waals surface area contributed by atoms with Crippen molar-refractivity contribution in [3.63, 3.8) is 0 Å². The quantitative estimate of drug-likeness (QED) is 0.901. The van der Waals surface area contributed by atoms with Crippen molar-refractivity contribution in [2.45, 2.75) is 17.9 Å². The summed E-state index contributed by atoms with van der Waals surface area (Å²) < 4.78 is 39.7. The van der Waals surface area contributed by atoms with Gasteiger partial charge < -0.3 is 5.32 Å². The van der Waals surface area contributed by atoms with Crippen LogP contribution in [0, 0.1) is 5.82 Å². The van der Waals surface area contributed by atoms with E-state index in [1.54, 1.807) is 6.92 Å². The van der Waals surface area contributed by atoms with Crippen LogP contribution in [0.4, 0.5) is 4.39 Å². The van der Waals surface area contributed by atoms with Crippen molar-refractivity contribution in [2.24, 2.45) is 0 Å². The van der Waals surface area contributed by atoms with Crippen LogP contribution in [0.5, 0.6) is 0 Å². The molecule has 0 amide bonds. The van der Waals surface area contributed by atoms with Crippen LogP contribution in [0.3, 0.4) is 0 Å². The third kappa shape index (κ3) is 3.38. The monoisotopic (exact) mass is 328 g/mol. The van der Waals surface area contributed by atoms with Crippen molar-refractivity contribution in [2.75, 3.05) is 19.6 Å². The highest BCUT2D eigenvalue weighted by atomic mass is 35.5. The van der Waals surface area contributed by atoms with E-state index in [1.807, 2.05) is 0 Å². The number of hydrogen-bond donors (Lipinski definition) is 1. The van der Waals surface area contributed by atoms with Gasteiger partial charge in [-0.15, -0.1) is 12.4 Å². The van der Waals surface area contributed by atoms with E-state index in [2.05, 4.69) is 5.32 Å². The Morgan fingerprint density at radius 3 is 2.74 bits per heavy atom. The number of rotatable bonds is 2. The molecule has 0 radical (unpaired) electrons. The zero-order valence-electron chi connectivity index (χ0n) is 10.3. The smallest absolute Gasteiger partial charge is 0.246 e. The van der Waals surface area contributed by atoms with Crippen LogP contribution in [-0.4, -0.2) is 38.4 Å². The van der Waals surface area contributed by atoms with Crippen molar-refractivity contribution in [3.05, 3.63) is 29.0 Å². The maximum Gasteiger partial charge on any atom is 0.246 e. The van der Waals surface area contributed by atoms with Crippen LogP contribution in [0.2, 0.25) is 5.02 Å². The Hall–Kier alpha value is -0.400. The van der Waals surface area contributed by atoms with Crippen molar-refractivity contribution in [3.8, 4) is 0 Å². The Balaban J connectivity index is 0.00000180. The molecule has 1 heterocycles. The van der Waals surface area contributed by atoms with Gasteiger partial charge in [-0.25, -0.2) is 12.8 Å². The van der Waals surface area contributed by atoms with Crippen molar-refractivity contribution in [1.82, 2.24) is 9.62 Å². The first kappa shape index (κ1) is 16.7. The Labute approximate surface area is 123 Å². The molecule has 0 spiro atoms.